The molecule has 45 heavy (non-hydrogen) atoms. The Morgan fingerprint density at radius 2 is 1.62 bits per heavy atom. The van der Waals surface area contributed by atoms with E-state index >= 15 is 0 Å². The van der Waals surface area contributed by atoms with Crippen molar-refractivity contribution in [2.24, 2.45) is 5.92 Å². The molecule has 2 fully saturated rings. The maximum absolute atomic E-state index is 13.5. The van der Waals surface area contributed by atoms with Crippen LogP contribution >= 0.6 is 0 Å². The van der Waals surface area contributed by atoms with Gasteiger partial charge in [-0.05, 0) is 60.7 Å². The van der Waals surface area contributed by atoms with E-state index in [-0.39, 0.29) is 42.5 Å². The third kappa shape index (κ3) is 7.02. The van der Waals surface area contributed by atoms with Gasteiger partial charge in [0.05, 0.1) is 44.9 Å². The van der Waals surface area contributed by atoms with E-state index in [4.69, 9.17) is 9.47 Å². The first kappa shape index (κ1) is 30.7. The third-order valence-electron chi connectivity index (χ3n) is 8.30. The van der Waals surface area contributed by atoms with Gasteiger partial charge in [0, 0.05) is 32.7 Å². The van der Waals surface area contributed by atoms with Crippen LogP contribution in [-0.4, -0.2) is 102 Å². The molecule has 0 atom stereocenters. The molecule has 4 aromatic rings. The van der Waals surface area contributed by atoms with Crippen molar-refractivity contribution in [1.82, 2.24) is 33.9 Å². The molecule has 1 aliphatic carbocycles. The second-order valence-electron chi connectivity index (χ2n) is 11.5. The number of hydrogen-bond acceptors (Lipinski definition) is 9. The quantitative estimate of drug-likeness (QED) is 0.247. The van der Waals surface area contributed by atoms with Crippen molar-refractivity contribution < 1.29 is 22.7 Å². The van der Waals surface area contributed by atoms with E-state index in [0.29, 0.717) is 54.7 Å². The van der Waals surface area contributed by atoms with Crippen molar-refractivity contribution in [3.05, 3.63) is 76.5 Å². The fourth-order valence-corrected chi connectivity index (χ4v) is 6.94. The smallest absolute Gasteiger partial charge is 0.277 e. The van der Waals surface area contributed by atoms with Crippen LogP contribution in [0.1, 0.15) is 24.2 Å². The summed E-state index contributed by atoms with van der Waals surface area (Å²) in [5.74, 6) is 2.10. The summed E-state index contributed by atoms with van der Waals surface area (Å²) < 4.78 is 39.7. The monoisotopic (exact) mass is 635 g/mol. The number of amides is 1. The summed E-state index contributed by atoms with van der Waals surface area (Å²) in [6.45, 7) is 2.78. The van der Waals surface area contributed by atoms with Crippen molar-refractivity contribution in [2.45, 2.75) is 30.8 Å². The molecule has 1 N–H and O–H groups in total. The summed E-state index contributed by atoms with van der Waals surface area (Å²) in [4.78, 5) is 38.2. The number of sulfonamides is 1. The van der Waals surface area contributed by atoms with Gasteiger partial charge >= 0.3 is 0 Å². The average Bonchev–Trinajstić information content (AvgIpc) is 3.78. The highest BCUT2D eigenvalue weighted by Crippen LogP contribution is 2.30. The van der Waals surface area contributed by atoms with Crippen molar-refractivity contribution >= 4 is 27.0 Å². The van der Waals surface area contributed by atoms with Gasteiger partial charge in [-0.3, -0.25) is 19.2 Å². The van der Waals surface area contributed by atoms with E-state index in [9.17, 15) is 18.0 Å². The van der Waals surface area contributed by atoms with Crippen LogP contribution in [0, 0.1) is 5.92 Å². The molecule has 1 saturated heterocycles. The minimum absolute atomic E-state index is 0.0775. The van der Waals surface area contributed by atoms with Gasteiger partial charge in [0.15, 0.2) is 5.52 Å². The number of carbonyl (C=O) groups excluding carboxylic acids is 1. The summed E-state index contributed by atoms with van der Waals surface area (Å²) in [7, 11) is -0.500. The predicted molar refractivity (Wildman–Crippen MR) is 167 cm³/mol. The predicted octanol–water partition coefficient (Wildman–Crippen LogP) is 1.93. The zero-order chi connectivity index (χ0) is 31.6. The van der Waals surface area contributed by atoms with E-state index in [2.05, 4.69) is 15.1 Å². The number of H-pyrrole nitrogens is 1. The number of methoxy groups -OCH3 is 2. The van der Waals surface area contributed by atoms with Crippen LogP contribution < -0.4 is 15.0 Å². The molecule has 0 radical (unpaired) electrons. The Morgan fingerprint density at radius 1 is 0.978 bits per heavy atom. The average molecular weight is 636 g/mol. The van der Waals surface area contributed by atoms with E-state index in [1.165, 1.54) is 11.4 Å². The first-order valence-electron chi connectivity index (χ1n) is 15.0. The number of nitrogens with one attached hydrogen (secondary N) is 1. The molecular weight excluding hydrogens is 598 g/mol. The molecule has 3 heterocycles. The lowest BCUT2D eigenvalue weighted by Crippen LogP contribution is -2.51. The van der Waals surface area contributed by atoms with Crippen molar-refractivity contribution in [1.29, 1.82) is 0 Å². The van der Waals surface area contributed by atoms with Crippen LogP contribution in [0.15, 0.2) is 64.4 Å². The number of aromatic nitrogens is 4. The number of nitrogens with zero attached hydrogens (tertiary/aromatic N) is 6. The first-order valence-corrected chi connectivity index (χ1v) is 16.4. The number of hydrogen-bond donors (Lipinski definition) is 1. The lowest BCUT2D eigenvalue weighted by Gasteiger charge is -2.34. The molecule has 1 aliphatic heterocycles. The fraction of sp³-hybridized carbons (Fsp3) is 0.419. The van der Waals surface area contributed by atoms with Crippen LogP contribution in [0.2, 0.25) is 0 Å². The number of rotatable bonds is 12. The molecular formula is C31H37N7O6S. The molecule has 0 bridgehead atoms. The van der Waals surface area contributed by atoms with Crippen LogP contribution in [0.3, 0.4) is 0 Å². The number of piperazine rings is 1. The molecule has 0 spiro atoms. The van der Waals surface area contributed by atoms with E-state index in [1.54, 1.807) is 47.2 Å². The summed E-state index contributed by atoms with van der Waals surface area (Å²) >= 11 is 0. The van der Waals surface area contributed by atoms with Gasteiger partial charge in [-0.2, -0.15) is 9.40 Å². The van der Waals surface area contributed by atoms with Gasteiger partial charge in [0.1, 0.15) is 22.8 Å². The molecule has 0 unspecified atom stereocenters. The van der Waals surface area contributed by atoms with Gasteiger partial charge in [0.2, 0.25) is 15.9 Å². The molecule has 1 amide bonds. The van der Waals surface area contributed by atoms with Crippen molar-refractivity contribution in [2.75, 3.05) is 53.5 Å². The molecule has 2 aromatic heterocycles. The first-order chi connectivity index (χ1) is 21.7. The maximum atomic E-state index is 13.5. The Morgan fingerprint density at radius 3 is 2.24 bits per heavy atom. The lowest BCUT2D eigenvalue weighted by molar-refractivity contribution is -0.133. The standard InChI is InChI=1S/C31H37N7O6S/c1-43-24-7-5-23(6-8-24)19-38-30-27(17-32-38)33-28(34-31(30)40)20-36(18-22-3-4-22)29(39)21-35-13-15-37(16-14-35)45(41,42)26-11-9-25(44-2)10-12-26/h5-12,17,22H,3-4,13-16,18-21H2,1-2H3,(H,33,34,40). The Bertz CT molecular complexity index is 1810. The topological polar surface area (TPSA) is 143 Å². The SMILES string of the molecule is COc1ccc(Cn2ncc3nc(CN(CC4CC4)C(=O)CN4CCN(S(=O)(=O)c5ccc(OC)cc5)CC4)[nH]c(=O)c32)cc1. The summed E-state index contributed by atoms with van der Waals surface area (Å²) in [5.41, 5.74) is 1.49. The minimum atomic E-state index is -3.64. The highest BCUT2D eigenvalue weighted by Gasteiger charge is 2.32. The number of benzene rings is 2. The Kier molecular flexibility index (Phi) is 8.88. The van der Waals surface area contributed by atoms with Crippen LogP contribution in [0.4, 0.5) is 0 Å². The molecule has 6 rings (SSSR count). The molecule has 1 saturated carbocycles. The summed E-state index contributed by atoms with van der Waals surface area (Å²) in [6, 6.07) is 13.9. The van der Waals surface area contributed by atoms with Gasteiger partial charge in [-0.15, -0.1) is 0 Å². The van der Waals surface area contributed by atoms with Crippen molar-refractivity contribution in [3.63, 3.8) is 0 Å². The maximum Gasteiger partial charge on any atom is 0.277 e. The van der Waals surface area contributed by atoms with Crippen LogP contribution in [0.5, 0.6) is 11.5 Å². The zero-order valence-electron chi connectivity index (χ0n) is 25.4. The van der Waals surface area contributed by atoms with Gasteiger partial charge in [-0.1, -0.05) is 12.1 Å². The Balaban J connectivity index is 1.10. The van der Waals surface area contributed by atoms with Gasteiger partial charge in [0.25, 0.3) is 5.56 Å². The Labute approximate surface area is 261 Å². The van der Waals surface area contributed by atoms with Gasteiger partial charge in [-0.25, -0.2) is 13.4 Å². The number of carbonyl (C=O) groups is 1. The van der Waals surface area contributed by atoms with E-state index in [1.807, 2.05) is 29.2 Å². The number of aromatic amines is 1. The number of fused-ring (bicyclic) bond motifs is 1. The normalized spacial score (nSPS) is 16.1. The Hall–Kier alpha value is -4.27. The lowest BCUT2D eigenvalue weighted by atomic mass is 10.2. The van der Waals surface area contributed by atoms with Gasteiger partial charge < -0.3 is 19.4 Å². The third-order valence-corrected chi connectivity index (χ3v) is 10.2. The minimum Gasteiger partial charge on any atom is -0.497 e. The van der Waals surface area contributed by atoms with E-state index in [0.717, 1.165) is 24.2 Å². The van der Waals surface area contributed by atoms with Crippen molar-refractivity contribution in [3.8, 4) is 11.5 Å². The fourth-order valence-electron chi connectivity index (χ4n) is 5.52. The molecule has 2 aromatic carbocycles. The second kappa shape index (κ2) is 13.0. The van der Waals surface area contributed by atoms with E-state index < -0.39 is 10.0 Å². The highest BCUT2D eigenvalue weighted by molar-refractivity contribution is 7.89. The molecule has 13 nitrogen and oxygen atoms in total. The summed E-state index contributed by atoms with van der Waals surface area (Å²) in [6.07, 6.45) is 3.70. The van der Waals surface area contributed by atoms with Crippen LogP contribution in [-0.2, 0) is 27.9 Å². The molecule has 2 aliphatic rings. The molecule has 14 heteroatoms. The molecule has 238 valence electrons. The van der Waals surface area contributed by atoms with Crippen LogP contribution in [0.25, 0.3) is 11.0 Å². The zero-order valence-corrected chi connectivity index (χ0v) is 26.2. The largest absolute Gasteiger partial charge is 0.497 e. The highest BCUT2D eigenvalue weighted by atomic mass is 32.2. The second-order valence-corrected chi connectivity index (χ2v) is 13.4. The number of ether oxygens (including phenoxy) is 2. The summed E-state index contributed by atoms with van der Waals surface area (Å²) in [5, 5.41) is 4.40.